The standard InChI is InChI=1S/C19H22N2O5/c1-5-26-16-9-6-13(10-18(16)25-4)12-20-21-19(22)15-8-7-14(23-2)11-17(15)24-3/h6-12H,5H2,1-4H3,(H,21,22). The first-order valence-corrected chi connectivity index (χ1v) is 7.99. The first-order chi connectivity index (χ1) is 12.6. The zero-order chi connectivity index (χ0) is 18.9. The molecular formula is C19H22N2O5. The number of methoxy groups -OCH3 is 3. The minimum Gasteiger partial charge on any atom is -0.497 e. The molecular weight excluding hydrogens is 336 g/mol. The summed E-state index contributed by atoms with van der Waals surface area (Å²) in [6.07, 6.45) is 1.52. The molecule has 1 amide bonds. The Kier molecular flexibility index (Phi) is 6.84. The molecule has 0 aliphatic carbocycles. The van der Waals surface area contributed by atoms with Crippen molar-refractivity contribution in [3.8, 4) is 23.0 Å². The van der Waals surface area contributed by atoms with E-state index in [2.05, 4.69) is 10.5 Å². The molecule has 0 fully saturated rings. The van der Waals surface area contributed by atoms with E-state index >= 15 is 0 Å². The van der Waals surface area contributed by atoms with Crippen molar-refractivity contribution in [2.24, 2.45) is 5.10 Å². The SMILES string of the molecule is CCOc1ccc(C=NNC(=O)c2ccc(OC)cc2OC)cc1OC. The maximum atomic E-state index is 12.3. The van der Waals surface area contributed by atoms with Gasteiger partial charge in [-0.1, -0.05) is 0 Å². The Bertz CT molecular complexity index is 789. The van der Waals surface area contributed by atoms with Crippen LogP contribution in [0.1, 0.15) is 22.8 Å². The maximum absolute atomic E-state index is 12.3. The summed E-state index contributed by atoms with van der Waals surface area (Å²) in [7, 11) is 4.60. The lowest BCUT2D eigenvalue weighted by Crippen LogP contribution is -2.18. The predicted molar refractivity (Wildman–Crippen MR) is 98.8 cm³/mol. The molecule has 26 heavy (non-hydrogen) atoms. The molecule has 7 heteroatoms. The van der Waals surface area contributed by atoms with Crippen molar-refractivity contribution in [1.82, 2.24) is 5.43 Å². The van der Waals surface area contributed by atoms with Crippen LogP contribution in [0.15, 0.2) is 41.5 Å². The number of nitrogens with one attached hydrogen (secondary N) is 1. The van der Waals surface area contributed by atoms with Gasteiger partial charge < -0.3 is 18.9 Å². The smallest absolute Gasteiger partial charge is 0.275 e. The van der Waals surface area contributed by atoms with E-state index in [4.69, 9.17) is 18.9 Å². The van der Waals surface area contributed by atoms with E-state index in [1.807, 2.05) is 13.0 Å². The number of carbonyl (C=O) groups excluding carboxylic acids is 1. The summed E-state index contributed by atoms with van der Waals surface area (Å²) in [4.78, 5) is 12.3. The van der Waals surface area contributed by atoms with E-state index in [0.717, 1.165) is 5.56 Å². The number of hydrazone groups is 1. The minimum atomic E-state index is -0.390. The second-order valence-corrected chi connectivity index (χ2v) is 5.11. The van der Waals surface area contributed by atoms with Crippen LogP contribution in [0, 0.1) is 0 Å². The Balaban J connectivity index is 2.09. The van der Waals surface area contributed by atoms with Gasteiger partial charge in [0.1, 0.15) is 11.5 Å². The van der Waals surface area contributed by atoms with Crippen LogP contribution in [0.4, 0.5) is 0 Å². The van der Waals surface area contributed by atoms with Gasteiger partial charge in [-0.05, 0) is 42.8 Å². The summed E-state index contributed by atoms with van der Waals surface area (Å²) in [5.41, 5.74) is 3.59. The van der Waals surface area contributed by atoms with Crippen molar-refractivity contribution in [3.05, 3.63) is 47.5 Å². The van der Waals surface area contributed by atoms with E-state index in [-0.39, 0.29) is 0 Å². The molecule has 2 rings (SSSR count). The zero-order valence-electron chi connectivity index (χ0n) is 15.2. The van der Waals surface area contributed by atoms with Crippen molar-refractivity contribution >= 4 is 12.1 Å². The van der Waals surface area contributed by atoms with Crippen LogP contribution in [-0.2, 0) is 0 Å². The number of carbonyl (C=O) groups is 1. The molecule has 0 bridgehead atoms. The van der Waals surface area contributed by atoms with E-state index < -0.39 is 5.91 Å². The summed E-state index contributed by atoms with van der Waals surface area (Å²) >= 11 is 0. The average molecular weight is 358 g/mol. The van der Waals surface area contributed by atoms with E-state index in [1.54, 1.807) is 44.6 Å². The molecule has 0 unspecified atom stereocenters. The van der Waals surface area contributed by atoms with Crippen LogP contribution in [0.5, 0.6) is 23.0 Å². The number of hydrogen-bond donors (Lipinski definition) is 1. The van der Waals surface area contributed by atoms with Crippen molar-refractivity contribution in [2.45, 2.75) is 6.92 Å². The third-order valence-corrected chi connectivity index (χ3v) is 3.52. The van der Waals surface area contributed by atoms with Crippen LogP contribution in [0.25, 0.3) is 0 Å². The van der Waals surface area contributed by atoms with Gasteiger partial charge in [-0.3, -0.25) is 4.79 Å². The van der Waals surface area contributed by atoms with Crippen molar-refractivity contribution in [3.63, 3.8) is 0 Å². The van der Waals surface area contributed by atoms with Gasteiger partial charge in [0.25, 0.3) is 5.91 Å². The molecule has 0 aliphatic rings. The van der Waals surface area contributed by atoms with Crippen LogP contribution in [0.3, 0.4) is 0 Å². The van der Waals surface area contributed by atoms with Crippen molar-refractivity contribution in [1.29, 1.82) is 0 Å². The van der Waals surface area contributed by atoms with Gasteiger partial charge in [0, 0.05) is 6.07 Å². The minimum absolute atomic E-state index is 0.356. The largest absolute Gasteiger partial charge is 0.497 e. The first kappa shape index (κ1) is 19.1. The Morgan fingerprint density at radius 1 is 1.00 bits per heavy atom. The van der Waals surface area contributed by atoms with E-state index in [1.165, 1.54) is 13.3 Å². The highest BCUT2D eigenvalue weighted by molar-refractivity contribution is 5.97. The molecule has 2 aromatic carbocycles. The van der Waals surface area contributed by atoms with Gasteiger partial charge in [-0.15, -0.1) is 0 Å². The number of benzene rings is 2. The summed E-state index contributed by atoms with van der Waals surface area (Å²) < 4.78 is 21.1. The summed E-state index contributed by atoms with van der Waals surface area (Å²) in [5.74, 6) is 1.86. The highest BCUT2D eigenvalue weighted by atomic mass is 16.5. The molecule has 0 spiro atoms. The Labute approximate surface area is 152 Å². The molecule has 0 radical (unpaired) electrons. The summed E-state index contributed by atoms with van der Waals surface area (Å²) in [5, 5.41) is 3.98. The molecule has 0 saturated heterocycles. The van der Waals surface area contributed by atoms with Crippen molar-refractivity contribution < 1.29 is 23.7 Å². The maximum Gasteiger partial charge on any atom is 0.275 e. The predicted octanol–water partition coefficient (Wildman–Crippen LogP) is 2.88. The normalized spacial score (nSPS) is 10.5. The van der Waals surface area contributed by atoms with Crippen LogP contribution >= 0.6 is 0 Å². The molecule has 7 nitrogen and oxygen atoms in total. The monoisotopic (exact) mass is 358 g/mol. The van der Waals surface area contributed by atoms with Crippen LogP contribution < -0.4 is 24.4 Å². The number of ether oxygens (including phenoxy) is 4. The van der Waals surface area contributed by atoms with Gasteiger partial charge in [0.15, 0.2) is 11.5 Å². The topological polar surface area (TPSA) is 78.4 Å². The summed E-state index contributed by atoms with van der Waals surface area (Å²) in [6, 6.07) is 10.3. The summed E-state index contributed by atoms with van der Waals surface area (Å²) in [6.45, 7) is 2.45. The fraction of sp³-hybridized carbons (Fsp3) is 0.263. The molecule has 0 aromatic heterocycles. The molecule has 138 valence electrons. The Morgan fingerprint density at radius 2 is 1.77 bits per heavy atom. The zero-order valence-corrected chi connectivity index (χ0v) is 15.2. The number of nitrogens with zero attached hydrogens (tertiary/aromatic N) is 1. The van der Waals surface area contributed by atoms with Crippen LogP contribution in [-0.4, -0.2) is 40.1 Å². The molecule has 0 atom stereocenters. The quantitative estimate of drug-likeness (QED) is 0.580. The second-order valence-electron chi connectivity index (χ2n) is 5.11. The average Bonchev–Trinajstić information content (AvgIpc) is 2.68. The van der Waals surface area contributed by atoms with Crippen molar-refractivity contribution in [2.75, 3.05) is 27.9 Å². The molecule has 1 N–H and O–H groups in total. The molecule has 0 aliphatic heterocycles. The number of hydrogen-bond acceptors (Lipinski definition) is 6. The molecule has 0 saturated carbocycles. The highest BCUT2D eigenvalue weighted by Gasteiger charge is 2.12. The lowest BCUT2D eigenvalue weighted by molar-refractivity contribution is 0.0952. The van der Waals surface area contributed by atoms with Gasteiger partial charge in [-0.2, -0.15) is 5.10 Å². The third-order valence-electron chi connectivity index (χ3n) is 3.52. The van der Waals surface area contributed by atoms with Gasteiger partial charge in [0.05, 0.1) is 39.7 Å². The first-order valence-electron chi connectivity index (χ1n) is 7.99. The molecule has 0 heterocycles. The number of amides is 1. The van der Waals surface area contributed by atoms with Gasteiger partial charge in [-0.25, -0.2) is 5.43 Å². The lowest BCUT2D eigenvalue weighted by Gasteiger charge is -2.10. The fourth-order valence-corrected chi connectivity index (χ4v) is 2.25. The van der Waals surface area contributed by atoms with E-state index in [9.17, 15) is 4.79 Å². The Hall–Kier alpha value is -3.22. The van der Waals surface area contributed by atoms with Gasteiger partial charge >= 0.3 is 0 Å². The van der Waals surface area contributed by atoms with Gasteiger partial charge in [0.2, 0.25) is 0 Å². The molecule has 2 aromatic rings. The van der Waals surface area contributed by atoms with Crippen LogP contribution in [0.2, 0.25) is 0 Å². The number of rotatable bonds is 8. The lowest BCUT2D eigenvalue weighted by atomic mass is 10.2. The second kappa shape index (κ2) is 9.31. The highest BCUT2D eigenvalue weighted by Crippen LogP contribution is 2.27. The Morgan fingerprint density at radius 3 is 2.42 bits per heavy atom. The van der Waals surface area contributed by atoms with E-state index in [0.29, 0.717) is 35.2 Å². The third kappa shape index (κ3) is 4.66. The fourth-order valence-electron chi connectivity index (χ4n) is 2.25.